The number of nitrogens with one attached hydrogen (secondary N) is 1. The molecule has 0 aliphatic carbocycles. The second-order valence-corrected chi connectivity index (χ2v) is 7.07. The number of pyridine rings is 1. The predicted molar refractivity (Wildman–Crippen MR) is 94.1 cm³/mol. The first-order valence-corrected chi connectivity index (χ1v) is 8.71. The van der Waals surface area contributed by atoms with Crippen LogP contribution in [0.1, 0.15) is 18.5 Å². The molecule has 0 spiro atoms. The molecule has 0 aromatic carbocycles. The summed E-state index contributed by atoms with van der Waals surface area (Å²) < 4.78 is 0. The molecule has 4 rings (SSSR count). The molecule has 2 amide bonds. The summed E-state index contributed by atoms with van der Waals surface area (Å²) in [7, 11) is 1.96. The Morgan fingerprint density at radius 1 is 1.20 bits per heavy atom. The van der Waals surface area contributed by atoms with Crippen molar-refractivity contribution in [1.82, 2.24) is 24.7 Å². The van der Waals surface area contributed by atoms with Crippen LogP contribution >= 0.6 is 0 Å². The minimum Gasteiger partial charge on any atom is -0.343 e. The molecule has 7 nitrogen and oxygen atoms in total. The number of amides is 2. The Morgan fingerprint density at radius 3 is 2.72 bits per heavy atom. The van der Waals surface area contributed by atoms with Crippen LogP contribution in [0.3, 0.4) is 0 Å². The molecule has 1 N–H and O–H groups in total. The predicted octanol–water partition coefficient (Wildman–Crippen LogP) is 0.651. The highest BCUT2D eigenvalue weighted by Gasteiger charge is 2.39. The highest BCUT2D eigenvalue weighted by molar-refractivity contribution is 5.84. The summed E-state index contributed by atoms with van der Waals surface area (Å²) in [5, 5.41) is 1.10. The molecule has 4 heterocycles. The first-order valence-electron chi connectivity index (χ1n) is 8.71. The van der Waals surface area contributed by atoms with Gasteiger partial charge in [0.05, 0.1) is 0 Å². The Labute approximate surface area is 146 Å². The zero-order valence-corrected chi connectivity index (χ0v) is 14.6. The number of aromatic amines is 1. The molecule has 7 heteroatoms. The molecule has 0 unspecified atom stereocenters. The number of likely N-dealkylation sites (N-methyl/N-ethyl adjacent to an activating group) is 1. The second-order valence-electron chi connectivity index (χ2n) is 7.07. The van der Waals surface area contributed by atoms with Gasteiger partial charge in [0.15, 0.2) is 0 Å². The van der Waals surface area contributed by atoms with Gasteiger partial charge in [-0.05, 0) is 25.2 Å². The van der Waals surface area contributed by atoms with Crippen molar-refractivity contribution in [3.63, 3.8) is 0 Å². The van der Waals surface area contributed by atoms with E-state index in [4.69, 9.17) is 0 Å². The van der Waals surface area contributed by atoms with Crippen molar-refractivity contribution in [1.29, 1.82) is 0 Å². The number of hydrogen-bond acceptors (Lipinski definition) is 4. The number of rotatable bonds is 2. The van der Waals surface area contributed by atoms with Crippen molar-refractivity contribution < 1.29 is 9.59 Å². The number of fused-ring (bicyclic) bond motifs is 1. The van der Waals surface area contributed by atoms with Gasteiger partial charge in [0.2, 0.25) is 11.8 Å². The summed E-state index contributed by atoms with van der Waals surface area (Å²) in [5.41, 5.74) is 2.03. The number of H-pyrrole nitrogens is 1. The van der Waals surface area contributed by atoms with Crippen LogP contribution in [0, 0.1) is 0 Å². The van der Waals surface area contributed by atoms with E-state index in [1.807, 2.05) is 24.1 Å². The molecular formula is C18H23N5O2. The summed E-state index contributed by atoms with van der Waals surface area (Å²) >= 11 is 0. The van der Waals surface area contributed by atoms with E-state index in [2.05, 4.69) is 20.9 Å². The molecule has 25 heavy (non-hydrogen) atoms. The van der Waals surface area contributed by atoms with E-state index in [9.17, 15) is 9.59 Å². The molecule has 132 valence electrons. The lowest BCUT2D eigenvalue weighted by atomic mass is 9.95. The van der Waals surface area contributed by atoms with Gasteiger partial charge in [0, 0.05) is 62.8 Å². The number of likely N-dealkylation sites (tertiary alicyclic amines) is 1. The highest BCUT2D eigenvalue weighted by atomic mass is 16.2. The Bertz CT molecular complexity index is 778. The molecule has 0 bridgehead atoms. The molecule has 0 saturated carbocycles. The number of aromatic nitrogens is 2. The molecule has 2 aromatic heterocycles. The van der Waals surface area contributed by atoms with E-state index in [-0.39, 0.29) is 17.9 Å². The summed E-state index contributed by atoms with van der Waals surface area (Å²) in [4.78, 5) is 37.9. The minimum absolute atomic E-state index is 0.0398. The van der Waals surface area contributed by atoms with E-state index < -0.39 is 0 Å². The number of hydrogen-bond donors (Lipinski definition) is 1. The van der Waals surface area contributed by atoms with Crippen LogP contribution in [0.5, 0.6) is 0 Å². The Balaban J connectivity index is 1.40. The standard InChI is InChI=1S/C18H23N5O2/c1-12(24)22-7-6-21(2)16(11-22)18(25)23-9-14(10-23)15-8-13-4-3-5-19-17(13)20-15/h3-5,8,14,16H,6-7,9-11H2,1-2H3,(H,19,20)/t16-/m1/s1. The van der Waals surface area contributed by atoms with Gasteiger partial charge in [-0.2, -0.15) is 0 Å². The van der Waals surface area contributed by atoms with Crippen molar-refractivity contribution in [2.45, 2.75) is 18.9 Å². The third-order valence-electron chi connectivity index (χ3n) is 5.42. The van der Waals surface area contributed by atoms with Crippen LogP contribution in [0.25, 0.3) is 11.0 Å². The zero-order valence-electron chi connectivity index (χ0n) is 14.6. The average Bonchev–Trinajstić information content (AvgIpc) is 2.96. The molecule has 1 atom stereocenters. The normalized spacial score (nSPS) is 22.2. The fourth-order valence-corrected chi connectivity index (χ4v) is 3.69. The van der Waals surface area contributed by atoms with E-state index in [1.165, 1.54) is 0 Å². The molecule has 2 aliphatic heterocycles. The zero-order chi connectivity index (χ0) is 17.6. The number of piperazine rings is 1. The lowest BCUT2D eigenvalue weighted by Gasteiger charge is -2.45. The summed E-state index contributed by atoms with van der Waals surface area (Å²) in [6, 6.07) is 5.86. The fourth-order valence-electron chi connectivity index (χ4n) is 3.69. The maximum atomic E-state index is 12.8. The monoisotopic (exact) mass is 341 g/mol. The average molecular weight is 341 g/mol. The van der Waals surface area contributed by atoms with Crippen LogP contribution in [0.2, 0.25) is 0 Å². The van der Waals surface area contributed by atoms with Gasteiger partial charge < -0.3 is 14.8 Å². The van der Waals surface area contributed by atoms with Gasteiger partial charge >= 0.3 is 0 Å². The molecule has 0 radical (unpaired) electrons. The number of nitrogens with zero attached hydrogens (tertiary/aromatic N) is 4. The molecule has 2 fully saturated rings. The lowest BCUT2D eigenvalue weighted by Crippen LogP contribution is -2.62. The van der Waals surface area contributed by atoms with Crippen LogP contribution in [-0.4, -0.2) is 82.3 Å². The van der Waals surface area contributed by atoms with Crippen molar-refractivity contribution in [2.75, 3.05) is 39.8 Å². The van der Waals surface area contributed by atoms with Gasteiger partial charge in [-0.15, -0.1) is 0 Å². The number of carbonyl (C=O) groups is 2. The molecular weight excluding hydrogens is 318 g/mol. The Morgan fingerprint density at radius 2 is 2.00 bits per heavy atom. The summed E-state index contributed by atoms with van der Waals surface area (Å²) in [6.45, 7) is 4.92. The SMILES string of the molecule is CC(=O)N1CCN(C)[C@@H](C(=O)N2CC(c3cc4cccnc4[nH]3)C2)C1. The van der Waals surface area contributed by atoms with Gasteiger partial charge in [-0.3, -0.25) is 14.5 Å². The maximum Gasteiger partial charge on any atom is 0.241 e. The quantitative estimate of drug-likeness (QED) is 0.871. The lowest BCUT2D eigenvalue weighted by molar-refractivity contribution is -0.145. The fraction of sp³-hybridized carbons (Fsp3) is 0.500. The molecule has 2 saturated heterocycles. The van der Waals surface area contributed by atoms with E-state index in [0.717, 1.165) is 36.4 Å². The summed E-state index contributed by atoms with van der Waals surface area (Å²) in [6.07, 6.45) is 1.78. The molecule has 2 aromatic rings. The Kier molecular flexibility index (Phi) is 3.95. The number of carbonyl (C=O) groups excluding carboxylic acids is 2. The first kappa shape index (κ1) is 16.1. The van der Waals surface area contributed by atoms with Gasteiger partial charge in [-0.25, -0.2) is 4.98 Å². The Hall–Kier alpha value is -2.41. The van der Waals surface area contributed by atoms with Gasteiger partial charge in [0.1, 0.15) is 11.7 Å². The van der Waals surface area contributed by atoms with E-state index >= 15 is 0 Å². The van der Waals surface area contributed by atoms with Crippen LogP contribution in [0.15, 0.2) is 24.4 Å². The smallest absolute Gasteiger partial charge is 0.241 e. The van der Waals surface area contributed by atoms with Crippen LogP contribution < -0.4 is 0 Å². The van der Waals surface area contributed by atoms with Crippen molar-refractivity contribution >= 4 is 22.8 Å². The van der Waals surface area contributed by atoms with Crippen molar-refractivity contribution in [3.05, 3.63) is 30.1 Å². The third kappa shape index (κ3) is 2.89. The highest BCUT2D eigenvalue weighted by Crippen LogP contribution is 2.29. The first-order chi connectivity index (χ1) is 12.0. The minimum atomic E-state index is -0.233. The van der Waals surface area contributed by atoms with E-state index in [1.54, 1.807) is 18.0 Å². The van der Waals surface area contributed by atoms with Gasteiger partial charge in [-0.1, -0.05) is 0 Å². The van der Waals surface area contributed by atoms with Crippen molar-refractivity contribution in [3.8, 4) is 0 Å². The third-order valence-corrected chi connectivity index (χ3v) is 5.42. The topological polar surface area (TPSA) is 72.5 Å². The largest absolute Gasteiger partial charge is 0.343 e. The van der Waals surface area contributed by atoms with Gasteiger partial charge in [0.25, 0.3) is 0 Å². The van der Waals surface area contributed by atoms with Crippen LogP contribution in [-0.2, 0) is 9.59 Å². The second kappa shape index (κ2) is 6.15. The molecule has 2 aliphatic rings. The maximum absolute atomic E-state index is 12.8. The van der Waals surface area contributed by atoms with Crippen LogP contribution in [0.4, 0.5) is 0 Å². The van der Waals surface area contributed by atoms with E-state index in [0.29, 0.717) is 19.0 Å². The van der Waals surface area contributed by atoms with Crippen molar-refractivity contribution in [2.24, 2.45) is 0 Å². The summed E-state index contributed by atoms with van der Waals surface area (Å²) in [5.74, 6) is 0.493.